The van der Waals surface area contributed by atoms with Gasteiger partial charge in [-0.15, -0.1) is 0 Å². The molecule has 1 heterocycles. The Hall–Kier alpha value is -3.84. The Bertz CT molecular complexity index is 1280. The average Bonchev–Trinajstić information content (AvgIpc) is 3.14. The predicted octanol–water partition coefficient (Wildman–Crippen LogP) is 2.82. The lowest BCUT2D eigenvalue weighted by atomic mass is 9.98. The van der Waals surface area contributed by atoms with Crippen molar-refractivity contribution in [3.05, 3.63) is 65.7 Å². The molecule has 0 unspecified atom stereocenters. The van der Waals surface area contributed by atoms with Gasteiger partial charge in [0.1, 0.15) is 5.75 Å². The molecule has 7 heteroatoms. The van der Waals surface area contributed by atoms with Gasteiger partial charge < -0.3 is 25.9 Å². The Morgan fingerprint density at radius 1 is 1.07 bits per heavy atom. The zero-order chi connectivity index (χ0) is 21.3. The van der Waals surface area contributed by atoms with Gasteiger partial charge in [0.2, 0.25) is 0 Å². The van der Waals surface area contributed by atoms with Gasteiger partial charge in [-0.25, -0.2) is 0 Å². The normalized spacial score (nSPS) is 11.0. The van der Waals surface area contributed by atoms with E-state index in [-0.39, 0.29) is 19.1 Å². The molecule has 0 aliphatic rings. The second kappa shape index (κ2) is 7.88. The molecule has 1 aromatic heterocycles. The molecule has 0 saturated heterocycles. The Balaban J connectivity index is 1.90. The molecule has 4 rings (SSSR count). The topological polar surface area (TPSA) is 117 Å². The number of aliphatic hydroxyl groups is 1. The van der Waals surface area contributed by atoms with E-state index < -0.39 is 5.91 Å². The number of carbonyl (C=O) groups is 2. The van der Waals surface area contributed by atoms with E-state index in [0.29, 0.717) is 27.9 Å². The SMILES string of the molecule is COc1cccc(-c2cc(C(N)=O)c3[nH]c4cc(C(=O)NCCO)ccc4c3c2)c1. The minimum absolute atomic E-state index is 0.130. The van der Waals surface area contributed by atoms with Crippen LogP contribution in [0.15, 0.2) is 54.6 Å². The van der Waals surface area contributed by atoms with Gasteiger partial charge in [-0.1, -0.05) is 18.2 Å². The molecule has 3 aromatic carbocycles. The summed E-state index contributed by atoms with van der Waals surface area (Å²) in [5.74, 6) is -0.111. The monoisotopic (exact) mass is 403 g/mol. The summed E-state index contributed by atoms with van der Waals surface area (Å²) in [6, 6.07) is 16.6. The maximum Gasteiger partial charge on any atom is 0.251 e. The largest absolute Gasteiger partial charge is 0.497 e. The molecule has 0 aliphatic heterocycles. The van der Waals surface area contributed by atoms with Gasteiger partial charge in [0.25, 0.3) is 11.8 Å². The molecule has 0 atom stereocenters. The number of amides is 2. The van der Waals surface area contributed by atoms with E-state index in [1.54, 1.807) is 25.3 Å². The smallest absolute Gasteiger partial charge is 0.251 e. The first-order valence-corrected chi connectivity index (χ1v) is 9.44. The summed E-state index contributed by atoms with van der Waals surface area (Å²) in [5.41, 5.74) is 9.56. The number of aromatic amines is 1. The number of primary amides is 1. The average molecular weight is 403 g/mol. The van der Waals surface area contributed by atoms with Crippen molar-refractivity contribution in [2.24, 2.45) is 5.73 Å². The second-order valence-electron chi connectivity index (χ2n) is 6.91. The van der Waals surface area contributed by atoms with Crippen molar-refractivity contribution in [2.45, 2.75) is 0 Å². The third kappa shape index (κ3) is 3.46. The van der Waals surface area contributed by atoms with Gasteiger partial charge >= 0.3 is 0 Å². The van der Waals surface area contributed by atoms with Crippen LogP contribution in [-0.2, 0) is 0 Å². The number of benzene rings is 3. The molecule has 30 heavy (non-hydrogen) atoms. The van der Waals surface area contributed by atoms with Gasteiger partial charge in [0.15, 0.2) is 0 Å². The summed E-state index contributed by atoms with van der Waals surface area (Å²) in [4.78, 5) is 27.6. The number of ether oxygens (including phenoxy) is 1. The Kier molecular flexibility index (Phi) is 5.12. The highest BCUT2D eigenvalue weighted by atomic mass is 16.5. The van der Waals surface area contributed by atoms with Crippen LogP contribution in [0.1, 0.15) is 20.7 Å². The van der Waals surface area contributed by atoms with Crippen LogP contribution in [0.2, 0.25) is 0 Å². The molecule has 0 spiro atoms. The standard InChI is InChI=1S/C23H21N3O4/c1-30-16-4-2-3-13(9-16)15-10-18-17-6-5-14(23(29)25-7-8-27)12-20(17)26-21(18)19(11-15)22(24)28/h2-6,9-12,26-27H,7-8H2,1H3,(H2,24,28)(H,25,29). The molecule has 5 N–H and O–H groups in total. The van der Waals surface area contributed by atoms with Crippen LogP contribution in [0.5, 0.6) is 5.75 Å². The number of hydrogen-bond donors (Lipinski definition) is 4. The number of methoxy groups -OCH3 is 1. The fourth-order valence-corrected chi connectivity index (χ4v) is 3.58. The molecule has 0 aliphatic carbocycles. The third-order valence-electron chi connectivity index (χ3n) is 5.04. The number of H-pyrrole nitrogens is 1. The molecule has 4 aromatic rings. The van der Waals surface area contributed by atoms with Crippen molar-refractivity contribution in [1.29, 1.82) is 0 Å². The van der Waals surface area contributed by atoms with Crippen LogP contribution in [0, 0.1) is 0 Å². The lowest BCUT2D eigenvalue weighted by Gasteiger charge is -2.08. The zero-order valence-corrected chi connectivity index (χ0v) is 16.4. The Morgan fingerprint density at radius 3 is 2.63 bits per heavy atom. The summed E-state index contributed by atoms with van der Waals surface area (Å²) in [6.45, 7) is 0.0503. The Labute approximate surface area is 172 Å². The van der Waals surface area contributed by atoms with E-state index in [2.05, 4.69) is 10.3 Å². The molecule has 0 bridgehead atoms. The van der Waals surface area contributed by atoms with E-state index in [1.165, 1.54) is 0 Å². The lowest BCUT2D eigenvalue weighted by Crippen LogP contribution is -2.26. The van der Waals surface area contributed by atoms with Crippen LogP contribution >= 0.6 is 0 Å². The minimum Gasteiger partial charge on any atom is -0.497 e. The first kappa shape index (κ1) is 19.5. The van der Waals surface area contributed by atoms with Gasteiger partial charge in [-0.2, -0.15) is 0 Å². The Morgan fingerprint density at radius 2 is 1.90 bits per heavy atom. The number of nitrogens with two attached hydrogens (primary N) is 1. The third-order valence-corrected chi connectivity index (χ3v) is 5.04. The second-order valence-corrected chi connectivity index (χ2v) is 6.91. The van der Waals surface area contributed by atoms with Gasteiger partial charge in [0, 0.05) is 28.4 Å². The van der Waals surface area contributed by atoms with Crippen molar-refractivity contribution in [3.63, 3.8) is 0 Å². The van der Waals surface area contributed by atoms with E-state index >= 15 is 0 Å². The number of aliphatic hydroxyl groups excluding tert-OH is 1. The molecule has 0 fully saturated rings. The van der Waals surface area contributed by atoms with E-state index in [0.717, 1.165) is 21.9 Å². The maximum atomic E-state index is 12.2. The van der Waals surface area contributed by atoms with Crippen molar-refractivity contribution < 1.29 is 19.4 Å². The molecule has 152 valence electrons. The number of fused-ring (bicyclic) bond motifs is 3. The number of nitrogens with one attached hydrogen (secondary N) is 2. The van der Waals surface area contributed by atoms with E-state index in [9.17, 15) is 9.59 Å². The molecular weight excluding hydrogens is 382 g/mol. The summed E-state index contributed by atoms with van der Waals surface area (Å²) >= 11 is 0. The van der Waals surface area contributed by atoms with Crippen LogP contribution < -0.4 is 15.8 Å². The highest BCUT2D eigenvalue weighted by Crippen LogP contribution is 2.34. The summed E-state index contributed by atoms with van der Waals surface area (Å²) in [7, 11) is 1.60. The van der Waals surface area contributed by atoms with E-state index in [1.807, 2.05) is 36.4 Å². The molecule has 0 radical (unpaired) electrons. The van der Waals surface area contributed by atoms with Crippen LogP contribution in [0.3, 0.4) is 0 Å². The van der Waals surface area contributed by atoms with Gasteiger partial charge in [-0.05, 0) is 47.5 Å². The highest BCUT2D eigenvalue weighted by molar-refractivity contribution is 6.17. The molecule has 0 saturated carbocycles. The predicted molar refractivity (Wildman–Crippen MR) is 116 cm³/mol. The fraction of sp³-hybridized carbons (Fsp3) is 0.130. The van der Waals surface area contributed by atoms with Crippen molar-refractivity contribution in [3.8, 4) is 16.9 Å². The fourth-order valence-electron chi connectivity index (χ4n) is 3.58. The van der Waals surface area contributed by atoms with Gasteiger partial charge in [-0.3, -0.25) is 9.59 Å². The molecule has 2 amide bonds. The van der Waals surface area contributed by atoms with Crippen molar-refractivity contribution in [2.75, 3.05) is 20.3 Å². The number of aromatic nitrogens is 1. The van der Waals surface area contributed by atoms with Crippen LogP contribution in [-0.4, -0.2) is 42.2 Å². The number of rotatable bonds is 6. The lowest BCUT2D eigenvalue weighted by molar-refractivity contribution is 0.0944. The quantitative estimate of drug-likeness (QED) is 0.396. The van der Waals surface area contributed by atoms with Crippen LogP contribution in [0.25, 0.3) is 32.9 Å². The molecule has 7 nitrogen and oxygen atoms in total. The first-order valence-electron chi connectivity index (χ1n) is 9.44. The summed E-state index contributed by atoms with van der Waals surface area (Å²) in [5, 5.41) is 13.2. The maximum absolute atomic E-state index is 12.2. The van der Waals surface area contributed by atoms with Crippen molar-refractivity contribution in [1.82, 2.24) is 10.3 Å². The van der Waals surface area contributed by atoms with Crippen molar-refractivity contribution >= 4 is 33.6 Å². The minimum atomic E-state index is -0.544. The first-order chi connectivity index (χ1) is 14.5. The molecular formula is C23H21N3O4. The zero-order valence-electron chi connectivity index (χ0n) is 16.4. The van der Waals surface area contributed by atoms with Crippen LogP contribution in [0.4, 0.5) is 0 Å². The summed E-state index contributed by atoms with van der Waals surface area (Å²) < 4.78 is 5.31. The number of hydrogen-bond acceptors (Lipinski definition) is 4. The van der Waals surface area contributed by atoms with Gasteiger partial charge in [0.05, 0.1) is 24.8 Å². The highest BCUT2D eigenvalue weighted by Gasteiger charge is 2.16. The number of carbonyl (C=O) groups excluding carboxylic acids is 2. The van der Waals surface area contributed by atoms with E-state index in [4.69, 9.17) is 15.6 Å². The summed E-state index contributed by atoms with van der Waals surface area (Å²) in [6.07, 6.45) is 0.